The molecule has 0 aromatic carbocycles. The Morgan fingerprint density at radius 3 is 2.15 bits per heavy atom. The zero-order valence-corrected chi connectivity index (χ0v) is 6.94. The van der Waals surface area contributed by atoms with Gasteiger partial charge >= 0.3 is 12.1 Å². The summed E-state index contributed by atoms with van der Waals surface area (Å²) < 4.78 is 35.5. The zero-order valence-electron chi connectivity index (χ0n) is 6.94. The fourth-order valence-electron chi connectivity index (χ4n) is 0.359. The van der Waals surface area contributed by atoms with Gasteiger partial charge in [-0.3, -0.25) is 9.59 Å². The van der Waals surface area contributed by atoms with Gasteiger partial charge in [-0.05, 0) is 6.92 Å². The van der Waals surface area contributed by atoms with Gasteiger partial charge in [-0.1, -0.05) is 0 Å². The molecule has 0 aromatic heterocycles. The number of hydrogen-bond acceptors (Lipinski definition) is 3. The van der Waals surface area contributed by atoms with Crippen molar-refractivity contribution in [3.8, 4) is 0 Å². The van der Waals surface area contributed by atoms with Gasteiger partial charge in [0.2, 0.25) is 0 Å². The number of halogens is 3. The van der Waals surface area contributed by atoms with Crippen LogP contribution in [0.2, 0.25) is 0 Å². The summed E-state index contributed by atoms with van der Waals surface area (Å²) in [6, 6.07) is 0. The van der Waals surface area contributed by atoms with Crippen LogP contribution in [0, 0.1) is 5.92 Å². The fraction of sp³-hybridized carbons (Fsp3) is 0.667. The van der Waals surface area contributed by atoms with Crippen LogP contribution >= 0.6 is 0 Å². The van der Waals surface area contributed by atoms with E-state index in [-0.39, 0.29) is 0 Å². The maximum absolute atomic E-state index is 11.8. The minimum Gasteiger partial charge on any atom is -0.341 e. The standard InChI is InChI=1S/C6H8F3NO3/c1-3(6(7,8)9)5(12)10-13-4(2)11/h3H,1-2H3,(H,10,12). The highest BCUT2D eigenvalue weighted by atomic mass is 19.4. The smallest absolute Gasteiger partial charge is 0.341 e. The average Bonchev–Trinajstić information content (AvgIpc) is 1.96. The summed E-state index contributed by atoms with van der Waals surface area (Å²) in [5.74, 6) is -4.49. The molecular weight excluding hydrogens is 191 g/mol. The maximum atomic E-state index is 11.8. The molecule has 1 N–H and O–H groups in total. The third-order valence-electron chi connectivity index (χ3n) is 1.18. The molecule has 13 heavy (non-hydrogen) atoms. The number of carbonyl (C=O) groups excluding carboxylic acids is 2. The molecular formula is C6H8F3NO3. The van der Waals surface area contributed by atoms with Gasteiger partial charge in [-0.2, -0.15) is 18.7 Å². The second-order valence-corrected chi connectivity index (χ2v) is 2.32. The van der Waals surface area contributed by atoms with E-state index in [1.54, 1.807) is 0 Å². The van der Waals surface area contributed by atoms with Crippen LogP contribution in [0.25, 0.3) is 0 Å². The highest BCUT2D eigenvalue weighted by molar-refractivity contribution is 5.79. The molecule has 1 atom stereocenters. The van der Waals surface area contributed by atoms with Crippen molar-refractivity contribution in [3.05, 3.63) is 0 Å². The Labute approximate surface area is 72.0 Å². The van der Waals surface area contributed by atoms with Crippen molar-refractivity contribution in [2.75, 3.05) is 0 Å². The second kappa shape index (κ2) is 4.11. The molecule has 0 aromatic rings. The molecule has 0 heterocycles. The van der Waals surface area contributed by atoms with Gasteiger partial charge in [0, 0.05) is 6.92 Å². The third kappa shape index (κ3) is 4.34. The van der Waals surface area contributed by atoms with Crippen molar-refractivity contribution in [1.82, 2.24) is 5.48 Å². The number of nitrogens with one attached hydrogen (secondary N) is 1. The normalized spacial score (nSPS) is 13.3. The molecule has 7 heteroatoms. The SMILES string of the molecule is CC(=O)ONC(=O)C(C)C(F)(F)F. The Balaban J connectivity index is 4.05. The molecule has 1 unspecified atom stereocenters. The van der Waals surface area contributed by atoms with Gasteiger partial charge in [0.1, 0.15) is 5.92 Å². The Morgan fingerprint density at radius 2 is 1.85 bits per heavy atom. The van der Waals surface area contributed by atoms with Crippen molar-refractivity contribution < 1.29 is 27.6 Å². The van der Waals surface area contributed by atoms with E-state index in [9.17, 15) is 22.8 Å². The minimum absolute atomic E-state index is 0.666. The summed E-state index contributed by atoms with van der Waals surface area (Å²) in [6.07, 6.45) is -4.63. The lowest BCUT2D eigenvalue weighted by molar-refractivity contribution is -0.188. The lowest BCUT2D eigenvalue weighted by Crippen LogP contribution is -2.38. The molecule has 76 valence electrons. The predicted octanol–water partition coefficient (Wildman–Crippen LogP) is 0.779. The molecule has 0 spiro atoms. The van der Waals surface area contributed by atoms with Crippen LogP contribution in [-0.2, 0) is 14.4 Å². The summed E-state index contributed by atoms with van der Waals surface area (Å²) in [6.45, 7) is 1.62. The molecule has 0 radical (unpaired) electrons. The van der Waals surface area contributed by atoms with E-state index in [2.05, 4.69) is 4.84 Å². The first-order valence-corrected chi connectivity index (χ1v) is 3.29. The fourth-order valence-corrected chi connectivity index (χ4v) is 0.359. The zero-order chi connectivity index (χ0) is 10.6. The van der Waals surface area contributed by atoms with E-state index in [0.29, 0.717) is 6.92 Å². The number of rotatable bonds is 1. The highest BCUT2D eigenvalue weighted by Crippen LogP contribution is 2.25. The molecule has 0 aliphatic rings. The first-order chi connectivity index (χ1) is 5.75. The number of alkyl halides is 3. The van der Waals surface area contributed by atoms with E-state index in [1.807, 2.05) is 0 Å². The Hall–Kier alpha value is -1.27. The van der Waals surface area contributed by atoms with E-state index in [1.165, 1.54) is 5.48 Å². The molecule has 0 aliphatic carbocycles. The number of hydrogen-bond donors (Lipinski definition) is 1. The molecule has 0 saturated carbocycles. The first-order valence-electron chi connectivity index (χ1n) is 3.29. The van der Waals surface area contributed by atoms with Crippen LogP contribution < -0.4 is 5.48 Å². The summed E-state index contributed by atoms with van der Waals surface area (Å²) in [5, 5.41) is 0. The van der Waals surface area contributed by atoms with E-state index < -0.39 is 24.0 Å². The van der Waals surface area contributed by atoms with Crippen molar-refractivity contribution >= 4 is 11.9 Å². The third-order valence-corrected chi connectivity index (χ3v) is 1.18. The van der Waals surface area contributed by atoms with E-state index in [4.69, 9.17) is 0 Å². The summed E-state index contributed by atoms with van der Waals surface area (Å²) >= 11 is 0. The molecule has 0 aliphatic heterocycles. The van der Waals surface area contributed by atoms with Crippen molar-refractivity contribution in [2.45, 2.75) is 20.0 Å². The van der Waals surface area contributed by atoms with Gasteiger partial charge < -0.3 is 4.84 Å². The Kier molecular flexibility index (Phi) is 3.70. The predicted molar refractivity (Wildman–Crippen MR) is 35.1 cm³/mol. The van der Waals surface area contributed by atoms with Crippen LogP contribution in [0.5, 0.6) is 0 Å². The molecule has 0 saturated heterocycles. The average molecular weight is 199 g/mol. The van der Waals surface area contributed by atoms with Crippen LogP contribution in [0.15, 0.2) is 0 Å². The maximum Gasteiger partial charge on any atom is 0.400 e. The lowest BCUT2D eigenvalue weighted by Gasteiger charge is -2.13. The van der Waals surface area contributed by atoms with Crippen molar-refractivity contribution in [3.63, 3.8) is 0 Å². The molecule has 0 fully saturated rings. The van der Waals surface area contributed by atoms with Crippen LogP contribution in [0.4, 0.5) is 13.2 Å². The molecule has 4 nitrogen and oxygen atoms in total. The number of carbonyl (C=O) groups is 2. The summed E-state index contributed by atoms with van der Waals surface area (Å²) in [4.78, 5) is 24.6. The molecule has 1 amide bonds. The van der Waals surface area contributed by atoms with Crippen LogP contribution in [-0.4, -0.2) is 18.1 Å². The monoisotopic (exact) mass is 199 g/mol. The van der Waals surface area contributed by atoms with E-state index in [0.717, 1.165) is 6.92 Å². The Morgan fingerprint density at radius 1 is 1.38 bits per heavy atom. The van der Waals surface area contributed by atoms with E-state index >= 15 is 0 Å². The Bertz CT molecular complexity index is 214. The first kappa shape index (κ1) is 11.7. The highest BCUT2D eigenvalue weighted by Gasteiger charge is 2.41. The van der Waals surface area contributed by atoms with Crippen LogP contribution in [0.3, 0.4) is 0 Å². The lowest BCUT2D eigenvalue weighted by atomic mass is 10.2. The van der Waals surface area contributed by atoms with Crippen LogP contribution in [0.1, 0.15) is 13.8 Å². The molecule has 0 bridgehead atoms. The van der Waals surface area contributed by atoms with Gasteiger partial charge in [0.15, 0.2) is 0 Å². The molecule has 0 rings (SSSR count). The van der Waals surface area contributed by atoms with Gasteiger partial charge in [0.25, 0.3) is 5.91 Å². The quantitative estimate of drug-likeness (QED) is 0.635. The second-order valence-electron chi connectivity index (χ2n) is 2.32. The minimum atomic E-state index is -4.63. The number of hydroxylamine groups is 1. The van der Waals surface area contributed by atoms with Gasteiger partial charge in [-0.25, -0.2) is 0 Å². The summed E-state index contributed by atoms with van der Waals surface area (Å²) in [5.41, 5.74) is 1.38. The number of amides is 1. The van der Waals surface area contributed by atoms with Gasteiger partial charge in [-0.15, -0.1) is 0 Å². The van der Waals surface area contributed by atoms with Crippen molar-refractivity contribution in [2.24, 2.45) is 5.92 Å². The summed E-state index contributed by atoms with van der Waals surface area (Å²) in [7, 11) is 0. The largest absolute Gasteiger partial charge is 0.400 e. The van der Waals surface area contributed by atoms with Crippen molar-refractivity contribution in [1.29, 1.82) is 0 Å². The van der Waals surface area contributed by atoms with Gasteiger partial charge in [0.05, 0.1) is 0 Å². The topological polar surface area (TPSA) is 55.4 Å².